The Morgan fingerprint density at radius 1 is 0.923 bits per heavy atom. The van der Waals surface area contributed by atoms with Crippen LogP contribution in [-0.4, -0.2) is 0 Å². The molecular formula is C12H8Br. The van der Waals surface area contributed by atoms with Crippen LogP contribution in [0.2, 0.25) is 0 Å². The van der Waals surface area contributed by atoms with E-state index in [9.17, 15) is 0 Å². The maximum Gasteiger partial charge on any atom is 0.0253 e. The van der Waals surface area contributed by atoms with Gasteiger partial charge in [-0.3, -0.25) is 0 Å². The minimum atomic E-state index is 1.11. The van der Waals surface area contributed by atoms with Gasteiger partial charge in [-0.2, -0.15) is 0 Å². The lowest BCUT2D eigenvalue weighted by Crippen LogP contribution is -1.77. The SMILES string of the molecule is Brc1ccccc1-c1[c]cccc1. The van der Waals surface area contributed by atoms with Crippen LogP contribution < -0.4 is 0 Å². The van der Waals surface area contributed by atoms with Gasteiger partial charge in [-0.15, -0.1) is 0 Å². The summed E-state index contributed by atoms with van der Waals surface area (Å²) in [5, 5.41) is 0. The third-order valence-corrected chi connectivity index (χ3v) is 2.56. The van der Waals surface area contributed by atoms with E-state index in [0.717, 1.165) is 10.0 Å². The lowest BCUT2D eigenvalue weighted by atomic mass is 10.1. The summed E-state index contributed by atoms with van der Waals surface area (Å²) in [6, 6.07) is 19.3. The third-order valence-electron chi connectivity index (χ3n) is 1.87. The maximum atomic E-state index is 3.51. The Kier molecular flexibility index (Phi) is 2.46. The highest BCUT2D eigenvalue weighted by atomic mass is 79.9. The molecule has 1 radical (unpaired) electrons. The summed E-state index contributed by atoms with van der Waals surface area (Å²) in [4.78, 5) is 0. The van der Waals surface area contributed by atoms with E-state index in [1.54, 1.807) is 0 Å². The Hall–Kier alpha value is -1.08. The van der Waals surface area contributed by atoms with Crippen LogP contribution >= 0.6 is 15.9 Å². The van der Waals surface area contributed by atoms with Gasteiger partial charge in [-0.05, 0) is 23.3 Å². The minimum absolute atomic E-state index is 1.11. The number of rotatable bonds is 1. The molecule has 2 rings (SSSR count). The Labute approximate surface area is 86.4 Å². The number of hydrogen-bond donors (Lipinski definition) is 0. The average molecular weight is 232 g/mol. The van der Waals surface area contributed by atoms with Crippen LogP contribution in [0.5, 0.6) is 0 Å². The Morgan fingerprint density at radius 3 is 2.38 bits per heavy atom. The van der Waals surface area contributed by atoms with E-state index >= 15 is 0 Å². The zero-order valence-corrected chi connectivity index (χ0v) is 8.58. The smallest absolute Gasteiger partial charge is 0.0253 e. The fraction of sp³-hybridized carbons (Fsp3) is 0. The fourth-order valence-electron chi connectivity index (χ4n) is 1.24. The molecule has 0 saturated heterocycles. The average Bonchev–Trinajstić information content (AvgIpc) is 2.20. The molecule has 0 heterocycles. The van der Waals surface area contributed by atoms with E-state index in [2.05, 4.69) is 34.1 Å². The zero-order chi connectivity index (χ0) is 9.10. The first-order valence-electron chi connectivity index (χ1n) is 4.09. The van der Waals surface area contributed by atoms with Crippen LogP contribution in [0, 0.1) is 6.07 Å². The first-order valence-corrected chi connectivity index (χ1v) is 4.89. The highest BCUT2D eigenvalue weighted by Crippen LogP contribution is 2.26. The number of halogens is 1. The van der Waals surface area contributed by atoms with E-state index in [4.69, 9.17) is 0 Å². The molecule has 1 heteroatoms. The van der Waals surface area contributed by atoms with Gasteiger partial charge in [0.1, 0.15) is 0 Å². The van der Waals surface area contributed by atoms with Crippen LogP contribution in [0.4, 0.5) is 0 Å². The summed E-state index contributed by atoms with van der Waals surface area (Å²) in [5.41, 5.74) is 2.30. The molecule has 2 aromatic carbocycles. The molecule has 13 heavy (non-hydrogen) atoms. The number of benzene rings is 2. The summed E-state index contributed by atoms with van der Waals surface area (Å²) in [5.74, 6) is 0. The van der Waals surface area contributed by atoms with Gasteiger partial charge in [0, 0.05) is 4.47 Å². The molecule has 0 spiro atoms. The normalized spacial score (nSPS) is 9.92. The molecule has 0 unspecified atom stereocenters. The zero-order valence-electron chi connectivity index (χ0n) is 7.00. The van der Waals surface area contributed by atoms with Crippen molar-refractivity contribution in [3.05, 3.63) is 59.1 Å². The predicted molar refractivity (Wildman–Crippen MR) is 58.4 cm³/mol. The van der Waals surface area contributed by atoms with Crippen molar-refractivity contribution in [2.24, 2.45) is 0 Å². The molecule has 2 aromatic rings. The molecule has 0 bridgehead atoms. The van der Waals surface area contributed by atoms with E-state index in [1.165, 1.54) is 5.56 Å². The van der Waals surface area contributed by atoms with Gasteiger partial charge in [-0.1, -0.05) is 58.4 Å². The lowest BCUT2D eigenvalue weighted by molar-refractivity contribution is 1.58. The van der Waals surface area contributed by atoms with E-state index in [0.29, 0.717) is 0 Å². The second-order valence-electron chi connectivity index (χ2n) is 2.76. The van der Waals surface area contributed by atoms with Gasteiger partial charge in [0.05, 0.1) is 0 Å². The topological polar surface area (TPSA) is 0 Å². The van der Waals surface area contributed by atoms with Gasteiger partial charge >= 0.3 is 0 Å². The second kappa shape index (κ2) is 3.75. The van der Waals surface area contributed by atoms with Crippen LogP contribution in [-0.2, 0) is 0 Å². The maximum absolute atomic E-state index is 3.51. The molecule has 0 aliphatic heterocycles. The van der Waals surface area contributed by atoms with Crippen LogP contribution in [0.1, 0.15) is 0 Å². The van der Waals surface area contributed by atoms with Crippen molar-refractivity contribution < 1.29 is 0 Å². The van der Waals surface area contributed by atoms with E-state index < -0.39 is 0 Å². The minimum Gasteiger partial charge on any atom is -0.0616 e. The van der Waals surface area contributed by atoms with Crippen molar-refractivity contribution in [1.82, 2.24) is 0 Å². The van der Waals surface area contributed by atoms with Crippen molar-refractivity contribution in [1.29, 1.82) is 0 Å². The van der Waals surface area contributed by atoms with Crippen molar-refractivity contribution in [3.8, 4) is 11.1 Å². The first-order chi connectivity index (χ1) is 6.38. The summed E-state index contributed by atoms with van der Waals surface area (Å²) >= 11 is 3.51. The summed E-state index contributed by atoms with van der Waals surface area (Å²) in [6.45, 7) is 0. The molecule has 0 atom stereocenters. The van der Waals surface area contributed by atoms with Crippen molar-refractivity contribution >= 4 is 15.9 Å². The molecule has 0 N–H and O–H groups in total. The Balaban J connectivity index is 2.54. The van der Waals surface area contributed by atoms with Gasteiger partial charge in [-0.25, -0.2) is 0 Å². The Morgan fingerprint density at radius 2 is 1.69 bits per heavy atom. The molecule has 0 fully saturated rings. The molecule has 63 valence electrons. The predicted octanol–water partition coefficient (Wildman–Crippen LogP) is 3.92. The molecule has 0 amide bonds. The van der Waals surface area contributed by atoms with Gasteiger partial charge in [0.25, 0.3) is 0 Å². The van der Waals surface area contributed by atoms with Crippen molar-refractivity contribution in [2.75, 3.05) is 0 Å². The second-order valence-corrected chi connectivity index (χ2v) is 3.61. The summed E-state index contributed by atoms with van der Waals surface area (Å²) in [6.07, 6.45) is 0. The standard InChI is InChI=1S/C12H8Br/c13-12-9-5-4-8-11(12)10-6-2-1-3-7-10/h1-6,8-9H. The number of hydrogen-bond acceptors (Lipinski definition) is 0. The van der Waals surface area contributed by atoms with Crippen molar-refractivity contribution in [3.63, 3.8) is 0 Å². The first kappa shape index (κ1) is 8.52. The third kappa shape index (κ3) is 1.81. The summed E-state index contributed by atoms with van der Waals surface area (Å²) < 4.78 is 1.11. The molecule has 0 saturated carbocycles. The van der Waals surface area contributed by atoms with Gasteiger partial charge < -0.3 is 0 Å². The summed E-state index contributed by atoms with van der Waals surface area (Å²) in [7, 11) is 0. The molecule has 0 aromatic heterocycles. The van der Waals surface area contributed by atoms with E-state index in [-0.39, 0.29) is 0 Å². The van der Waals surface area contributed by atoms with Crippen LogP contribution in [0.15, 0.2) is 53.0 Å². The van der Waals surface area contributed by atoms with Crippen molar-refractivity contribution in [2.45, 2.75) is 0 Å². The Bertz CT molecular complexity index is 393. The highest BCUT2D eigenvalue weighted by Gasteiger charge is 1.99. The van der Waals surface area contributed by atoms with E-state index in [1.807, 2.05) is 36.4 Å². The van der Waals surface area contributed by atoms with Gasteiger partial charge in [0.2, 0.25) is 0 Å². The van der Waals surface area contributed by atoms with Crippen LogP contribution in [0.25, 0.3) is 11.1 Å². The molecule has 0 aliphatic carbocycles. The molecule has 0 nitrogen and oxygen atoms in total. The highest BCUT2D eigenvalue weighted by molar-refractivity contribution is 9.10. The van der Waals surface area contributed by atoms with Gasteiger partial charge in [0.15, 0.2) is 0 Å². The fourth-order valence-corrected chi connectivity index (χ4v) is 1.74. The molecule has 0 aliphatic rings. The van der Waals surface area contributed by atoms with Crippen LogP contribution in [0.3, 0.4) is 0 Å². The largest absolute Gasteiger partial charge is 0.0616 e. The lowest BCUT2D eigenvalue weighted by Gasteiger charge is -2.02. The molecular weight excluding hydrogens is 224 g/mol. The monoisotopic (exact) mass is 231 g/mol. The quantitative estimate of drug-likeness (QED) is 0.699.